The van der Waals surface area contributed by atoms with Crippen molar-refractivity contribution in [1.82, 2.24) is 10.2 Å². The molecule has 25 heavy (non-hydrogen) atoms. The van der Waals surface area contributed by atoms with Crippen LogP contribution in [0.1, 0.15) is 5.56 Å². The van der Waals surface area contributed by atoms with E-state index in [1.807, 2.05) is 36.4 Å². The van der Waals surface area contributed by atoms with Gasteiger partial charge in [-0.2, -0.15) is 0 Å². The maximum atomic E-state index is 5.22. The molecule has 0 unspecified atom stereocenters. The topological polar surface area (TPSA) is 56.3 Å². The molecule has 0 spiro atoms. The Morgan fingerprint density at radius 1 is 1.00 bits per heavy atom. The van der Waals surface area contributed by atoms with Gasteiger partial charge in [0, 0.05) is 17.5 Å². The van der Waals surface area contributed by atoms with Crippen molar-refractivity contribution < 1.29 is 9.47 Å². The zero-order valence-corrected chi connectivity index (χ0v) is 15.7. The van der Waals surface area contributed by atoms with Crippen molar-refractivity contribution >= 4 is 33.9 Å². The summed E-state index contributed by atoms with van der Waals surface area (Å²) in [6.45, 7) is 0. The van der Waals surface area contributed by atoms with E-state index < -0.39 is 0 Å². The van der Waals surface area contributed by atoms with Crippen LogP contribution in [0.2, 0.25) is 0 Å². The lowest BCUT2D eigenvalue weighted by molar-refractivity contribution is 0.414. The molecule has 1 heterocycles. The minimum atomic E-state index is 0.778. The fraction of sp³-hybridized carbons (Fsp3) is 0.222. The van der Waals surface area contributed by atoms with Gasteiger partial charge < -0.3 is 14.8 Å². The Balaban J connectivity index is 1.51. The van der Waals surface area contributed by atoms with Gasteiger partial charge in [-0.3, -0.25) is 0 Å². The lowest BCUT2D eigenvalue weighted by atomic mass is 10.2. The third-order valence-electron chi connectivity index (χ3n) is 3.50. The van der Waals surface area contributed by atoms with Crippen molar-refractivity contribution in [3.05, 3.63) is 54.1 Å². The van der Waals surface area contributed by atoms with E-state index in [-0.39, 0.29) is 0 Å². The Morgan fingerprint density at radius 3 is 2.56 bits per heavy atom. The van der Waals surface area contributed by atoms with Gasteiger partial charge in [-0.15, -0.1) is 10.2 Å². The molecule has 130 valence electrons. The summed E-state index contributed by atoms with van der Waals surface area (Å²) in [5, 5.41) is 12.5. The molecular formula is C18H19N3O2S2. The summed E-state index contributed by atoms with van der Waals surface area (Å²) in [6, 6.07) is 15.9. The molecule has 0 aliphatic heterocycles. The lowest BCUT2D eigenvalue weighted by Crippen LogP contribution is -1.90. The molecule has 0 fully saturated rings. The Morgan fingerprint density at radius 2 is 1.80 bits per heavy atom. The minimum absolute atomic E-state index is 0.778. The highest BCUT2D eigenvalue weighted by Crippen LogP contribution is 2.29. The molecule has 0 saturated heterocycles. The molecular weight excluding hydrogens is 354 g/mol. The van der Waals surface area contributed by atoms with Gasteiger partial charge in [0.2, 0.25) is 5.13 Å². The molecule has 2 aromatic carbocycles. The minimum Gasteiger partial charge on any atom is -0.497 e. The molecule has 5 nitrogen and oxygen atoms in total. The molecule has 7 heteroatoms. The number of hydrogen-bond acceptors (Lipinski definition) is 7. The summed E-state index contributed by atoms with van der Waals surface area (Å²) in [4.78, 5) is 0. The summed E-state index contributed by atoms with van der Waals surface area (Å²) >= 11 is 3.26. The molecule has 0 aliphatic rings. The van der Waals surface area contributed by atoms with Crippen molar-refractivity contribution in [2.45, 2.75) is 10.8 Å². The van der Waals surface area contributed by atoms with E-state index in [1.54, 1.807) is 37.3 Å². The van der Waals surface area contributed by atoms with Gasteiger partial charge in [0.05, 0.1) is 14.2 Å². The molecule has 0 amide bonds. The van der Waals surface area contributed by atoms with E-state index in [2.05, 4.69) is 27.6 Å². The predicted molar refractivity (Wildman–Crippen MR) is 104 cm³/mol. The van der Waals surface area contributed by atoms with Crippen molar-refractivity contribution in [3.63, 3.8) is 0 Å². The van der Waals surface area contributed by atoms with Crippen LogP contribution in [0.3, 0.4) is 0 Å². The number of anilines is 2. The second-order valence-electron chi connectivity index (χ2n) is 5.18. The fourth-order valence-corrected chi connectivity index (χ4v) is 4.02. The van der Waals surface area contributed by atoms with Crippen molar-refractivity contribution in [1.29, 1.82) is 0 Å². The van der Waals surface area contributed by atoms with E-state index in [1.165, 1.54) is 5.56 Å². The molecule has 0 atom stereocenters. The number of benzene rings is 2. The van der Waals surface area contributed by atoms with Crippen molar-refractivity contribution in [2.24, 2.45) is 0 Å². The van der Waals surface area contributed by atoms with Gasteiger partial charge in [0.25, 0.3) is 0 Å². The van der Waals surface area contributed by atoms with Crippen LogP contribution in [-0.4, -0.2) is 30.2 Å². The van der Waals surface area contributed by atoms with Gasteiger partial charge in [0.15, 0.2) is 4.34 Å². The van der Waals surface area contributed by atoms with Gasteiger partial charge in [0.1, 0.15) is 11.5 Å². The number of rotatable bonds is 8. The van der Waals surface area contributed by atoms with Gasteiger partial charge >= 0.3 is 0 Å². The van der Waals surface area contributed by atoms with Crippen LogP contribution in [0.5, 0.6) is 11.5 Å². The van der Waals surface area contributed by atoms with E-state index in [0.717, 1.165) is 38.8 Å². The normalized spacial score (nSPS) is 10.5. The SMILES string of the molecule is COc1ccc(CCSc2nnc(Nc3cccc(OC)c3)s2)cc1. The van der Waals surface area contributed by atoms with Gasteiger partial charge in [-0.25, -0.2) is 0 Å². The Hall–Kier alpha value is -2.25. The number of aromatic nitrogens is 2. The molecule has 1 aromatic heterocycles. The molecule has 1 N–H and O–H groups in total. The van der Waals surface area contributed by atoms with Crippen molar-refractivity contribution in [3.8, 4) is 11.5 Å². The standard InChI is InChI=1S/C18H19N3O2S2/c1-22-15-8-6-13(7-9-15)10-11-24-18-21-20-17(25-18)19-14-4-3-5-16(12-14)23-2/h3-9,12H,10-11H2,1-2H3,(H,19,20). The van der Waals surface area contributed by atoms with Crippen LogP contribution >= 0.6 is 23.1 Å². The number of nitrogens with one attached hydrogen (secondary N) is 1. The summed E-state index contributed by atoms with van der Waals surface area (Å²) in [5.74, 6) is 2.65. The Labute approximate surface area is 155 Å². The van der Waals surface area contributed by atoms with Crippen molar-refractivity contribution in [2.75, 3.05) is 25.3 Å². The maximum Gasteiger partial charge on any atom is 0.210 e. The van der Waals surface area contributed by atoms with Crippen LogP contribution in [0.25, 0.3) is 0 Å². The van der Waals surface area contributed by atoms with E-state index in [9.17, 15) is 0 Å². The molecule has 0 radical (unpaired) electrons. The van der Waals surface area contributed by atoms with Gasteiger partial charge in [-0.05, 0) is 36.2 Å². The second kappa shape index (κ2) is 8.73. The Bertz CT molecular complexity index is 806. The first kappa shape index (κ1) is 17.6. The van der Waals surface area contributed by atoms with Crippen LogP contribution in [-0.2, 0) is 6.42 Å². The Kier molecular flexibility index (Phi) is 6.14. The highest BCUT2D eigenvalue weighted by molar-refractivity contribution is 8.01. The first-order valence-electron chi connectivity index (χ1n) is 7.77. The summed E-state index contributed by atoms with van der Waals surface area (Å²) < 4.78 is 11.4. The summed E-state index contributed by atoms with van der Waals surface area (Å²) in [7, 11) is 3.33. The first-order chi connectivity index (χ1) is 12.3. The largest absolute Gasteiger partial charge is 0.497 e. The molecule has 3 aromatic rings. The summed E-state index contributed by atoms with van der Waals surface area (Å²) in [5.41, 5.74) is 2.22. The third kappa shape index (κ3) is 5.11. The van der Waals surface area contributed by atoms with Crippen LogP contribution in [0.4, 0.5) is 10.8 Å². The number of nitrogens with zero attached hydrogens (tertiary/aromatic N) is 2. The van der Waals surface area contributed by atoms with Crippen LogP contribution < -0.4 is 14.8 Å². The number of aryl methyl sites for hydroxylation is 1. The van der Waals surface area contributed by atoms with Gasteiger partial charge in [-0.1, -0.05) is 41.3 Å². The van der Waals surface area contributed by atoms with E-state index in [4.69, 9.17) is 9.47 Å². The van der Waals surface area contributed by atoms with E-state index in [0.29, 0.717) is 0 Å². The quantitative estimate of drug-likeness (QED) is 0.581. The zero-order chi connectivity index (χ0) is 17.5. The zero-order valence-electron chi connectivity index (χ0n) is 14.1. The molecule has 0 saturated carbocycles. The number of hydrogen-bond donors (Lipinski definition) is 1. The molecule has 3 rings (SSSR count). The maximum absolute atomic E-state index is 5.22. The average Bonchev–Trinajstić information content (AvgIpc) is 3.09. The smallest absolute Gasteiger partial charge is 0.210 e. The number of methoxy groups -OCH3 is 2. The number of thioether (sulfide) groups is 1. The lowest BCUT2D eigenvalue weighted by Gasteiger charge is -2.04. The second-order valence-corrected chi connectivity index (χ2v) is 7.50. The van der Waals surface area contributed by atoms with Crippen LogP contribution in [0, 0.1) is 0 Å². The van der Waals surface area contributed by atoms with E-state index >= 15 is 0 Å². The molecule has 0 bridgehead atoms. The van der Waals surface area contributed by atoms with Crippen LogP contribution in [0.15, 0.2) is 52.9 Å². The summed E-state index contributed by atoms with van der Waals surface area (Å²) in [6.07, 6.45) is 0.979. The molecule has 0 aliphatic carbocycles. The predicted octanol–water partition coefficient (Wildman–Crippen LogP) is 4.63. The highest BCUT2D eigenvalue weighted by Gasteiger charge is 2.06. The fourth-order valence-electron chi connectivity index (χ4n) is 2.19. The average molecular weight is 374 g/mol. The monoisotopic (exact) mass is 373 g/mol. The third-order valence-corrected chi connectivity index (χ3v) is 5.48. The first-order valence-corrected chi connectivity index (χ1v) is 9.57. The highest BCUT2D eigenvalue weighted by atomic mass is 32.2. The number of ether oxygens (including phenoxy) is 2.